The molecule has 0 saturated heterocycles. The molecule has 7 nitrogen and oxygen atoms in total. The summed E-state index contributed by atoms with van der Waals surface area (Å²) in [6, 6.07) is 1.89. The van der Waals surface area contributed by atoms with E-state index in [0.29, 0.717) is 6.54 Å². The smallest absolute Gasteiger partial charge is 0.475 e. The van der Waals surface area contributed by atoms with Gasteiger partial charge in [-0.1, -0.05) is 0 Å². The number of thiophene rings is 1. The van der Waals surface area contributed by atoms with Crippen LogP contribution in [0.25, 0.3) is 0 Å². The molecule has 0 aromatic carbocycles. The van der Waals surface area contributed by atoms with Crippen LogP contribution < -0.4 is 11.4 Å². The molecule has 0 spiro atoms. The summed E-state index contributed by atoms with van der Waals surface area (Å²) in [5.74, 6) is -2.76. The van der Waals surface area contributed by atoms with E-state index in [-0.39, 0.29) is 18.7 Å². The third-order valence-corrected chi connectivity index (χ3v) is 4.52. The maximum atomic E-state index is 12.5. The predicted molar refractivity (Wildman–Crippen MR) is 89.6 cm³/mol. The number of rotatable bonds is 5. The lowest BCUT2D eigenvalue weighted by Gasteiger charge is -2.02. The van der Waals surface area contributed by atoms with Gasteiger partial charge in [0.1, 0.15) is 6.33 Å². The summed E-state index contributed by atoms with van der Waals surface area (Å²) in [6.45, 7) is -0.243. The highest BCUT2D eigenvalue weighted by Gasteiger charge is 2.38. The molecular formula is C13H12BrF5N4O3S. The summed E-state index contributed by atoms with van der Waals surface area (Å²) in [7, 11) is 0. The lowest BCUT2D eigenvalue weighted by Crippen LogP contribution is -2.27. The van der Waals surface area contributed by atoms with Crippen LogP contribution in [0.5, 0.6) is 0 Å². The van der Waals surface area contributed by atoms with E-state index in [9.17, 15) is 26.7 Å². The van der Waals surface area contributed by atoms with Crippen molar-refractivity contribution in [3.8, 4) is 0 Å². The summed E-state index contributed by atoms with van der Waals surface area (Å²) in [4.78, 5) is 21.9. The van der Waals surface area contributed by atoms with Gasteiger partial charge in [-0.2, -0.15) is 27.1 Å². The molecule has 2 aromatic heterocycles. The molecule has 0 amide bonds. The number of halogens is 6. The minimum atomic E-state index is -5.08. The summed E-state index contributed by atoms with van der Waals surface area (Å²) in [5, 5.41) is 12.9. The zero-order chi connectivity index (χ0) is 20.8. The topological polar surface area (TPSA) is 103 Å². The fourth-order valence-electron chi connectivity index (χ4n) is 1.58. The molecule has 3 N–H and O–H groups in total. The average Bonchev–Trinajstić information content (AvgIpc) is 3.11. The molecule has 0 aliphatic carbocycles. The monoisotopic (exact) mass is 478 g/mol. The molecule has 0 fully saturated rings. The van der Waals surface area contributed by atoms with Crippen molar-refractivity contribution in [3.05, 3.63) is 49.3 Å². The first-order valence-electron chi connectivity index (χ1n) is 6.84. The van der Waals surface area contributed by atoms with Crippen LogP contribution in [0, 0.1) is 0 Å². The van der Waals surface area contributed by atoms with Gasteiger partial charge in [-0.05, 0) is 22.0 Å². The Morgan fingerprint density at radius 3 is 2.37 bits per heavy atom. The van der Waals surface area contributed by atoms with Crippen molar-refractivity contribution in [2.45, 2.75) is 19.3 Å². The van der Waals surface area contributed by atoms with Crippen molar-refractivity contribution in [2.75, 3.05) is 6.54 Å². The Labute approximate surface area is 160 Å². The molecule has 0 bridgehead atoms. The largest absolute Gasteiger partial charge is 0.490 e. The Balaban J connectivity index is 0.000000445. The average molecular weight is 479 g/mol. The maximum absolute atomic E-state index is 12.5. The second-order valence-corrected chi connectivity index (χ2v) is 6.71. The van der Waals surface area contributed by atoms with Gasteiger partial charge in [0.05, 0.1) is 13.1 Å². The fourth-order valence-corrected chi connectivity index (χ4v) is 3.02. The number of carboxylic acid groups (broad SMARTS) is 1. The standard InChI is InChI=1S/C11H11BrF2N4OS.C2HF3O2/c12-8-1-9(20-5-8)4-17-6-16-18(11(17)19)3-7(2-15)10(13)14;3-2(4,5)1(6)7/h1,5-6H,2-4,15H2;(H,6,7). The molecule has 0 unspecified atom stereocenters. The van der Waals surface area contributed by atoms with Crippen LogP contribution in [-0.2, 0) is 17.9 Å². The van der Waals surface area contributed by atoms with E-state index in [0.717, 1.165) is 14.0 Å². The van der Waals surface area contributed by atoms with Gasteiger partial charge in [0.25, 0.3) is 6.08 Å². The van der Waals surface area contributed by atoms with Crippen molar-refractivity contribution >= 4 is 33.2 Å². The zero-order valence-electron chi connectivity index (χ0n) is 13.2. The minimum Gasteiger partial charge on any atom is -0.475 e. The minimum absolute atomic E-state index is 0.293. The zero-order valence-corrected chi connectivity index (χ0v) is 15.6. The normalized spacial score (nSPS) is 10.9. The van der Waals surface area contributed by atoms with Gasteiger partial charge in [0.15, 0.2) is 0 Å². The quantitative estimate of drug-likeness (QED) is 0.643. The number of aliphatic carboxylic acids is 1. The third kappa shape index (κ3) is 7.22. The second-order valence-electron chi connectivity index (χ2n) is 4.80. The molecule has 2 rings (SSSR count). The van der Waals surface area contributed by atoms with Gasteiger partial charge in [0, 0.05) is 26.8 Å². The number of aromatic nitrogens is 3. The van der Waals surface area contributed by atoms with E-state index < -0.39 is 23.9 Å². The van der Waals surface area contributed by atoms with Crippen molar-refractivity contribution in [1.29, 1.82) is 0 Å². The number of hydrogen-bond donors (Lipinski definition) is 2. The number of alkyl halides is 3. The summed E-state index contributed by atoms with van der Waals surface area (Å²) in [6.07, 6.45) is -5.61. The molecule has 0 aliphatic heterocycles. The first-order valence-corrected chi connectivity index (χ1v) is 8.51. The van der Waals surface area contributed by atoms with Gasteiger partial charge < -0.3 is 10.8 Å². The van der Waals surface area contributed by atoms with Gasteiger partial charge in [-0.25, -0.2) is 14.3 Å². The number of carboxylic acids is 1. The van der Waals surface area contributed by atoms with Gasteiger partial charge >= 0.3 is 17.8 Å². The molecule has 27 heavy (non-hydrogen) atoms. The van der Waals surface area contributed by atoms with Crippen LogP contribution in [0.4, 0.5) is 22.0 Å². The van der Waals surface area contributed by atoms with Gasteiger partial charge in [-0.3, -0.25) is 4.57 Å². The first kappa shape index (κ1) is 23.0. The van der Waals surface area contributed by atoms with Crippen molar-refractivity contribution in [1.82, 2.24) is 14.3 Å². The lowest BCUT2D eigenvalue weighted by atomic mass is 10.3. The van der Waals surface area contributed by atoms with E-state index in [2.05, 4.69) is 21.0 Å². The van der Waals surface area contributed by atoms with E-state index in [1.165, 1.54) is 22.2 Å². The lowest BCUT2D eigenvalue weighted by molar-refractivity contribution is -0.192. The Kier molecular flexibility index (Phi) is 8.30. The van der Waals surface area contributed by atoms with Gasteiger partial charge in [-0.15, -0.1) is 11.3 Å². The molecule has 150 valence electrons. The molecule has 0 saturated carbocycles. The van der Waals surface area contributed by atoms with E-state index in [1.807, 2.05) is 11.4 Å². The Morgan fingerprint density at radius 1 is 1.37 bits per heavy atom. The Bertz CT molecular complexity index is 870. The van der Waals surface area contributed by atoms with Crippen LogP contribution in [0.2, 0.25) is 0 Å². The Hall–Kier alpha value is -2.06. The third-order valence-electron chi connectivity index (χ3n) is 2.84. The molecule has 0 atom stereocenters. The van der Waals surface area contributed by atoms with Crippen LogP contribution in [0.15, 0.2) is 38.7 Å². The SMILES string of the molecule is NCC(Cn1ncn(Cc2cc(Br)cs2)c1=O)=C(F)F.O=C(O)C(F)(F)F. The van der Waals surface area contributed by atoms with E-state index in [1.54, 1.807) is 0 Å². The first-order chi connectivity index (χ1) is 12.5. The van der Waals surface area contributed by atoms with Crippen LogP contribution in [0.3, 0.4) is 0 Å². The Morgan fingerprint density at radius 2 is 1.96 bits per heavy atom. The van der Waals surface area contributed by atoms with E-state index in [4.69, 9.17) is 15.6 Å². The van der Waals surface area contributed by atoms with Crippen molar-refractivity contribution in [2.24, 2.45) is 5.73 Å². The molecular weight excluding hydrogens is 467 g/mol. The van der Waals surface area contributed by atoms with Crippen molar-refractivity contribution < 1.29 is 31.9 Å². The molecule has 2 aromatic rings. The van der Waals surface area contributed by atoms with Gasteiger partial charge in [0.2, 0.25) is 0 Å². The molecule has 14 heteroatoms. The molecule has 0 aliphatic rings. The van der Waals surface area contributed by atoms with Crippen molar-refractivity contribution in [3.63, 3.8) is 0 Å². The number of hydrogen-bond acceptors (Lipinski definition) is 5. The number of nitrogens with zero attached hydrogens (tertiary/aromatic N) is 3. The highest BCUT2D eigenvalue weighted by molar-refractivity contribution is 9.10. The summed E-state index contributed by atoms with van der Waals surface area (Å²) in [5.41, 5.74) is 4.48. The molecule has 2 heterocycles. The van der Waals surface area contributed by atoms with E-state index >= 15 is 0 Å². The highest BCUT2D eigenvalue weighted by Crippen LogP contribution is 2.20. The maximum Gasteiger partial charge on any atom is 0.490 e. The molecule has 0 radical (unpaired) electrons. The summed E-state index contributed by atoms with van der Waals surface area (Å²) < 4.78 is 60.1. The summed E-state index contributed by atoms with van der Waals surface area (Å²) >= 11 is 4.82. The van der Waals surface area contributed by atoms with Crippen LogP contribution in [-0.4, -0.2) is 38.1 Å². The number of nitrogens with two attached hydrogens (primary N) is 1. The van der Waals surface area contributed by atoms with Crippen LogP contribution >= 0.6 is 27.3 Å². The fraction of sp³-hybridized carbons (Fsp3) is 0.308. The highest BCUT2D eigenvalue weighted by atomic mass is 79.9. The number of carbonyl (C=O) groups is 1. The second kappa shape index (κ2) is 9.75. The van der Waals surface area contributed by atoms with Crippen LogP contribution in [0.1, 0.15) is 4.88 Å². The predicted octanol–water partition coefficient (Wildman–Crippen LogP) is 2.66.